The third kappa shape index (κ3) is 4.19. The first kappa shape index (κ1) is 15.8. The van der Waals surface area contributed by atoms with E-state index in [1.165, 1.54) is 0 Å². The number of ether oxygens (including phenoxy) is 1. The molecule has 0 radical (unpaired) electrons. The van der Waals surface area contributed by atoms with Crippen LogP contribution in [-0.2, 0) is 16.0 Å². The molecule has 114 valence electrons. The third-order valence-corrected chi connectivity index (χ3v) is 3.26. The molecule has 0 bridgehead atoms. The highest BCUT2D eigenvalue weighted by Gasteiger charge is 2.09. The SMILES string of the molecule is CCOC(=O)Cc1ccc(NC(=O)c2ccccc2C)cc1. The highest BCUT2D eigenvalue weighted by molar-refractivity contribution is 6.05. The molecule has 2 aromatic rings. The average Bonchev–Trinajstić information content (AvgIpc) is 2.50. The molecule has 0 aromatic heterocycles. The fourth-order valence-corrected chi connectivity index (χ4v) is 2.11. The predicted molar refractivity (Wildman–Crippen MR) is 85.9 cm³/mol. The fourth-order valence-electron chi connectivity index (χ4n) is 2.11. The van der Waals surface area contributed by atoms with Crippen molar-refractivity contribution in [2.45, 2.75) is 20.3 Å². The largest absolute Gasteiger partial charge is 0.466 e. The molecule has 0 aliphatic heterocycles. The summed E-state index contributed by atoms with van der Waals surface area (Å²) in [7, 11) is 0. The number of benzene rings is 2. The Morgan fingerprint density at radius 3 is 2.36 bits per heavy atom. The Hall–Kier alpha value is -2.62. The van der Waals surface area contributed by atoms with Crippen molar-refractivity contribution in [3.63, 3.8) is 0 Å². The molecule has 4 heteroatoms. The summed E-state index contributed by atoms with van der Waals surface area (Å²) < 4.78 is 4.90. The van der Waals surface area contributed by atoms with Crippen LogP contribution in [0.15, 0.2) is 48.5 Å². The van der Waals surface area contributed by atoms with Crippen LogP contribution in [-0.4, -0.2) is 18.5 Å². The summed E-state index contributed by atoms with van der Waals surface area (Å²) in [5.41, 5.74) is 3.13. The zero-order chi connectivity index (χ0) is 15.9. The molecule has 0 saturated heterocycles. The minimum Gasteiger partial charge on any atom is -0.466 e. The molecule has 0 saturated carbocycles. The second-order valence-corrected chi connectivity index (χ2v) is 4.95. The third-order valence-electron chi connectivity index (χ3n) is 3.26. The number of aryl methyl sites for hydroxylation is 1. The predicted octanol–water partition coefficient (Wildman–Crippen LogP) is 3.35. The average molecular weight is 297 g/mol. The summed E-state index contributed by atoms with van der Waals surface area (Å²) in [6.07, 6.45) is 0.236. The summed E-state index contributed by atoms with van der Waals surface area (Å²) in [4.78, 5) is 23.6. The van der Waals surface area contributed by atoms with Crippen molar-refractivity contribution in [3.8, 4) is 0 Å². The highest BCUT2D eigenvalue weighted by atomic mass is 16.5. The Morgan fingerprint density at radius 1 is 1.05 bits per heavy atom. The summed E-state index contributed by atoms with van der Waals surface area (Å²) in [5, 5.41) is 2.85. The van der Waals surface area contributed by atoms with E-state index in [0.717, 1.165) is 11.1 Å². The molecule has 0 heterocycles. The summed E-state index contributed by atoms with van der Waals surface area (Å²) in [6.45, 7) is 4.06. The van der Waals surface area contributed by atoms with E-state index in [0.29, 0.717) is 17.9 Å². The van der Waals surface area contributed by atoms with E-state index in [1.54, 1.807) is 25.1 Å². The van der Waals surface area contributed by atoms with Crippen molar-refractivity contribution in [2.24, 2.45) is 0 Å². The van der Waals surface area contributed by atoms with Crippen molar-refractivity contribution < 1.29 is 14.3 Å². The smallest absolute Gasteiger partial charge is 0.310 e. The summed E-state index contributed by atoms with van der Waals surface area (Å²) in [6, 6.07) is 14.6. The number of rotatable bonds is 5. The van der Waals surface area contributed by atoms with Gasteiger partial charge in [0.15, 0.2) is 0 Å². The van der Waals surface area contributed by atoms with E-state index in [1.807, 2.05) is 37.3 Å². The molecule has 0 aliphatic carbocycles. The maximum Gasteiger partial charge on any atom is 0.310 e. The number of anilines is 1. The van der Waals surface area contributed by atoms with E-state index in [2.05, 4.69) is 5.32 Å². The molecule has 0 atom stereocenters. The number of hydrogen-bond donors (Lipinski definition) is 1. The molecule has 2 aromatic carbocycles. The molecule has 22 heavy (non-hydrogen) atoms. The van der Waals surface area contributed by atoms with Gasteiger partial charge in [-0.15, -0.1) is 0 Å². The molecule has 1 amide bonds. The molecular weight excluding hydrogens is 278 g/mol. The molecule has 2 rings (SSSR count). The lowest BCUT2D eigenvalue weighted by Gasteiger charge is -2.08. The number of carbonyl (C=O) groups excluding carboxylic acids is 2. The van der Waals surface area contributed by atoms with Crippen LogP contribution in [0.3, 0.4) is 0 Å². The van der Waals surface area contributed by atoms with Gasteiger partial charge in [0.05, 0.1) is 13.0 Å². The molecule has 0 fully saturated rings. The summed E-state index contributed by atoms with van der Waals surface area (Å²) in [5.74, 6) is -0.393. The van der Waals surface area contributed by atoms with Gasteiger partial charge in [-0.2, -0.15) is 0 Å². The van der Waals surface area contributed by atoms with Gasteiger partial charge in [-0.3, -0.25) is 9.59 Å². The first-order valence-electron chi connectivity index (χ1n) is 7.21. The Labute approximate surface area is 130 Å². The minimum absolute atomic E-state index is 0.142. The van der Waals surface area contributed by atoms with Gasteiger partial charge >= 0.3 is 5.97 Å². The molecule has 0 spiro atoms. The van der Waals surface area contributed by atoms with Crippen LogP contribution in [0.25, 0.3) is 0 Å². The standard InChI is InChI=1S/C18H19NO3/c1-3-22-17(20)12-14-8-10-15(11-9-14)19-18(21)16-7-5-4-6-13(16)2/h4-11H,3,12H2,1-2H3,(H,19,21). The number of carbonyl (C=O) groups is 2. The van der Waals surface area contributed by atoms with Crippen molar-refractivity contribution in [2.75, 3.05) is 11.9 Å². The lowest BCUT2D eigenvalue weighted by atomic mass is 10.1. The maximum absolute atomic E-state index is 12.2. The van der Waals surface area contributed by atoms with Gasteiger partial charge < -0.3 is 10.1 Å². The Morgan fingerprint density at radius 2 is 1.73 bits per heavy atom. The van der Waals surface area contributed by atoms with Crippen LogP contribution >= 0.6 is 0 Å². The topological polar surface area (TPSA) is 55.4 Å². The molecule has 0 aliphatic rings. The maximum atomic E-state index is 12.2. The van der Waals surface area contributed by atoms with Gasteiger partial charge in [0, 0.05) is 11.3 Å². The van der Waals surface area contributed by atoms with E-state index in [4.69, 9.17) is 4.74 Å². The van der Waals surface area contributed by atoms with E-state index in [-0.39, 0.29) is 18.3 Å². The molecule has 1 N–H and O–H groups in total. The van der Waals surface area contributed by atoms with Crippen LogP contribution in [0.5, 0.6) is 0 Å². The zero-order valence-electron chi connectivity index (χ0n) is 12.8. The van der Waals surface area contributed by atoms with Crippen LogP contribution in [0.1, 0.15) is 28.4 Å². The van der Waals surface area contributed by atoms with Crippen LogP contribution < -0.4 is 5.32 Å². The van der Waals surface area contributed by atoms with Gasteiger partial charge in [0.25, 0.3) is 5.91 Å². The van der Waals surface area contributed by atoms with Gasteiger partial charge in [-0.25, -0.2) is 0 Å². The molecule has 0 unspecified atom stereocenters. The van der Waals surface area contributed by atoms with Crippen LogP contribution in [0, 0.1) is 6.92 Å². The lowest BCUT2D eigenvalue weighted by Crippen LogP contribution is -2.13. The van der Waals surface area contributed by atoms with Gasteiger partial charge in [0.2, 0.25) is 0 Å². The van der Waals surface area contributed by atoms with E-state index >= 15 is 0 Å². The van der Waals surface area contributed by atoms with Crippen molar-refractivity contribution in [1.82, 2.24) is 0 Å². The normalized spacial score (nSPS) is 10.1. The quantitative estimate of drug-likeness (QED) is 0.861. The Bertz CT molecular complexity index is 662. The van der Waals surface area contributed by atoms with Gasteiger partial charge in [-0.1, -0.05) is 30.3 Å². The van der Waals surface area contributed by atoms with Crippen molar-refractivity contribution in [1.29, 1.82) is 0 Å². The van der Waals surface area contributed by atoms with E-state index < -0.39 is 0 Å². The number of nitrogens with one attached hydrogen (secondary N) is 1. The van der Waals surface area contributed by atoms with Crippen molar-refractivity contribution >= 4 is 17.6 Å². The summed E-state index contributed by atoms with van der Waals surface area (Å²) >= 11 is 0. The fraction of sp³-hybridized carbons (Fsp3) is 0.222. The number of hydrogen-bond acceptors (Lipinski definition) is 3. The lowest BCUT2D eigenvalue weighted by molar-refractivity contribution is -0.142. The molecular formula is C18H19NO3. The van der Waals surface area contributed by atoms with Gasteiger partial charge in [0.1, 0.15) is 0 Å². The van der Waals surface area contributed by atoms with E-state index in [9.17, 15) is 9.59 Å². The highest BCUT2D eigenvalue weighted by Crippen LogP contribution is 2.14. The first-order chi connectivity index (χ1) is 10.6. The molecule has 4 nitrogen and oxygen atoms in total. The monoisotopic (exact) mass is 297 g/mol. The van der Waals surface area contributed by atoms with Crippen LogP contribution in [0.4, 0.5) is 5.69 Å². The minimum atomic E-state index is -0.251. The van der Waals surface area contributed by atoms with Gasteiger partial charge in [-0.05, 0) is 43.2 Å². The zero-order valence-corrected chi connectivity index (χ0v) is 12.8. The first-order valence-corrected chi connectivity index (χ1v) is 7.21. The number of esters is 1. The number of amides is 1. The Kier molecular flexibility index (Phi) is 5.31. The van der Waals surface area contributed by atoms with Crippen molar-refractivity contribution in [3.05, 3.63) is 65.2 Å². The van der Waals surface area contributed by atoms with Crippen LogP contribution in [0.2, 0.25) is 0 Å². The second-order valence-electron chi connectivity index (χ2n) is 4.95. The second kappa shape index (κ2) is 7.41. The Balaban J connectivity index is 2.01.